The molecule has 0 N–H and O–H groups in total. The van der Waals surface area contributed by atoms with Crippen molar-refractivity contribution in [2.45, 2.75) is 45.1 Å². The maximum absolute atomic E-state index is 12.3. The number of hydrogen-bond donors (Lipinski definition) is 0. The first-order valence-corrected chi connectivity index (χ1v) is 11.1. The fourth-order valence-corrected chi connectivity index (χ4v) is 4.28. The molecule has 0 aliphatic carbocycles. The summed E-state index contributed by atoms with van der Waals surface area (Å²) in [6, 6.07) is 13.8. The highest BCUT2D eigenvalue weighted by molar-refractivity contribution is 7.97. The molecule has 1 fully saturated rings. The summed E-state index contributed by atoms with van der Waals surface area (Å²) in [5, 5.41) is 9.34. The molecule has 0 atom stereocenters. The first kappa shape index (κ1) is 23.0. The lowest BCUT2D eigenvalue weighted by molar-refractivity contribution is 0.0197. The van der Waals surface area contributed by atoms with Gasteiger partial charge in [-0.05, 0) is 88.0 Å². The van der Waals surface area contributed by atoms with Crippen molar-refractivity contribution < 1.29 is 14.3 Å². The lowest BCUT2D eigenvalue weighted by atomic mass is 10.1. The summed E-state index contributed by atoms with van der Waals surface area (Å²) in [6.45, 7) is 12.3. The van der Waals surface area contributed by atoms with Crippen LogP contribution in [0.4, 0.5) is 4.79 Å². The van der Waals surface area contributed by atoms with Gasteiger partial charge in [0, 0.05) is 26.2 Å². The minimum absolute atomic E-state index is 0.275. The van der Waals surface area contributed by atoms with Crippen molar-refractivity contribution in [2.24, 2.45) is 0 Å². The van der Waals surface area contributed by atoms with Gasteiger partial charge in [-0.2, -0.15) is 5.26 Å². The number of amides is 1. The van der Waals surface area contributed by atoms with Crippen molar-refractivity contribution in [2.75, 3.05) is 26.2 Å². The third-order valence-electron chi connectivity index (χ3n) is 4.61. The summed E-state index contributed by atoms with van der Waals surface area (Å²) in [7, 11) is 0. The summed E-state index contributed by atoms with van der Waals surface area (Å²) in [5.41, 5.74) is 2.36. The number of ether oxygens (including phenoxy) is 2. The number of aryl methyl sites for hydroxylation is 2. The van der Waals surface area contributed by atoms with Gasteiger partial charge in [0.1, 0.15) is 17.1 Å². The standard InChI is InChI=1S/C24H29N3O3S/c1-17-12-18(2)14-20(13-17)29-21-7-6-19(16-25)15-22(21)31-27-10-8-26(9-11-27)23(28)30-24(3,4)5/h6-7,12-15H,8-11H2,1-5H3. The van der Waals surface area contributed by atoms with E-state index in [1.807, 2.05) is 58.9 Å². The minimum Gasteiger partial charge on any atom is -0.456 e. The molecule has 0 aromatic heterocycles. The summed E-state index contributed by atoms with van der Waals surface area (Å²) in [4.78, 5) is 14.9. The molecular weight excluding hydrogens is 410 g/mol. The van der Waals surface area contributed by atoms with E-state index in [-0.39, 0.29) is 6.09 Å². The van der Waals surface area contributed by atoms with Gasteiger partial charge in [-0.1, -0.05) is 6.07 Å². The molecule has 0 bridgehead atoms. The van der Waals surface area contributed by atoms with E-state index in [1.54, 1.807) is 22.9 Å². The molecule has 1 saturated heterocycles. The zero-order valence-corrected chi connectivity index (χ0v) is 19.6. The van der Waals surface area contributed by atoms with Crippen LogP contribution in [0.1, 0.15) is 37.5 Å². The van der Waals surface area contributed by atoms with Crippen molar-refractivity contribution in [3.8, 4) is 17.6 Å². The van der Waals surface area contributed by atoms with Crippen LogP contribution in [-0.2, 0) is 4.74 Å². The van der Waals surface area contributed by atoms with Crippen LogP contribution >= 0.6 is 11.9 Å². The van der Waals surface area contributed by atoms with Crippen LogP contribution < -0.4 is 4.74 Å². The molecule has 2 aromatic rings. The Kier molecular flexibility index (Phi) is 7.14. The van der Waals surface area contributed by atoms with Crippen molar-refractivity contribution in [3.05, 3.63) is 53.1 Å². The van der Waals surface area contributed by atoms with Crippen LogP contribution in [0.15, 0.2) is 41.3 Å². The summed E-state index contributed by atoms with van der Waals surface area (Å²) in [6.07, 6.45) is -0.275. The number of piperazine rings is 1. The second kappa shape index (κ2) is 9.63. The van der Waals surface area contributed by atoms with Gasteiger partial charge in [-0.25, -0.2) is 9.10 Å². The normalized spacial score (nSPS) is 14.8. The largest absolute Gasteiger partial charge is 0.456 e. The lowest BCUT2D eigenvalue weighted by Gasteiger charge is -2.35. The van der Waals surface area contributed by atoms with Gasteiger partial charge in [0.05, 0.1) is 16.5 Å². The highest BCUT2D eigenvalue weighted by Crippen LogP contribution is 2.36. The van der Waals surface area contributed by atoms with E-state index >= 15 is 0 Å². The average molecular weight is 440 g/mol. The van der Waals surface area contributed by atoms with E-state index in [2.05, 4.69) is 16.4 Å². The quantitative estimate of drug-likeness (QED) is 0.584. The Labute approximate surface area is 188 Å². The molecule has 1 amide bonds. The first-order valence-electron chi connectivity index (χ1n) is 10.3. The predicted molar refractivity (Wildman–Crippen MR) is 122 cm³/mol. The first-order chi connectivity index (χ1) is 14.6. The van der Waals surface area contributed by atoms with Gasteiger partial charge in [-0.3, -0.25) is 0 Å². The molecule has 0 spiro atoms. The van der Waals surface area contributed by atoms with E-state index in [4.69, 9.17) is 9.47 Å². The molecule has 1 heterocycles. The number of carbonyl (C=O) groups excluding carboxylic acids is 1. The van der Waals surface area contributed by atoms with Crippen molar-refractivity contribution >= 4 is 18.0 Å². The molecule has 0 radical (unpaired) electrons. The maximum Gasteiger partial charge on any atom is 0.410 e. The molecule has 31 heavy (non-hydrogen) atoms. The van der Waals surface area contributed by atoms with Crippen LogP contribution in [0.25, 0.3) is 0 Å². The fraction of sp³-hybridized carbons (Fsp3) is 0.417. The van der Waals surface area contributed by atoms with E-state index < -0.39 is 5.60 Å². The molecule has 3 rings (SSSR count). The molecule has 1 aliphatic heterocycles. The van der Waals surface area contributed by atoms with Gasteiger partial charge in [-0.15, -0.1) is 0 Å². The van der Waals surface area contributed by atoms with Gasteiger partial charge in [0.25, 0.3) is 0 Å². The highest BCUT2D eigenvalue weighted by Gasteiger charge is 2.26. The van der Waals surface area contributed by atoms with Crippen LogP contribution in [0.2, 0.25) is 0 Å². The predicted octanol–water partition coefficient (Wildman–Crippen LogP) is 5.53. The van der Waals surface area contributed by atoms with Crippen molar-refractivity contribution in [1.82, 2.24) is 9.21 Å². The topological polar surface area (TPSA) is 65.8 Å². The van der Waals surface area contributed by atoms with E-state index in [1.165, 1.54) is 0 Å². The van der Waals surface area contributed by atoms with Gasteiger partial charge >= 0.3 is 6.09 Å². The number of nitriles is 1. The van der Waals surface area contributed by atoms with Crippen LogP contribution in [0.3, 0.4) is 0 Å². The smallest absolute Gasteiger partial charge is 0.410 e. The number of carbonyl (C=O) groups is 1. The molecule has 164 valence electrons. The van der Waals surface area contributed by atoms with Gasteiger partial charge < -0.3 is 14.4 Å². The monoisotopic (exact) mass is 439 g/mol. The van der Waals surface area contributed by atoms with Crippen LogP contribution in [0, 0.1) is 25.2 Å². The SMILES string of the molecule is Cc1cc(C)cc(Oc2ccc(C#N)cc2SN2CCN(C(=O)OC(C)(C)C)CC2)c1. The summed E-state index contributed by atoms with van der Waals surface area (Å²) >= 11 is 1.55. The zero-order valence-electron chi connectivity index (χ0n) is 18.8. The molecular formula is C24H29N3O3S. The number of hydrogen-bond acceptors (Lipinski definition) is 6. The Morgan fingerprint density at radius 2 is 1.68 bits per heavy atom. The van der Waals surface area contributed by atoms with Crippen LogP contribution in [0.5, 0.6) is 11.5 Å². The van der Waals surface area contributed by atoms with E-state index in [0.717, 1.165) is 21.8 Å². The number of benzene rings is 2. The highest BCUT2D eigenvalue weighted by atomic mass is 32.2. The van der Waals surface area contributed by atoms with Crippen molar-refractivity contribution in [3.63, 3.8) is 0 Å². The molecule has 0 unspecified atom stereocenters. The number of rotatable bonds is 4. The Bertz CT molecular complexity index is 966. The van der Waals surface area contributed by atoms with E-state index in [9.17, 15) is 10.1 Å². The van der Waals surface area contributed by atoms with Gasteiger partial charge in [0.2, 0.25) is 0 Å². The lowest BCUT2D eigenvalue weighted by Crippen LogP contribution is -2.47. The summed E-state index contributed by atoms with van der Waals surface area (Å²) in [5.74, 6) is 1.49. The Morgan fingerprint density at radius 1 is 1.03 bits per heavy atom. The molecule has 6 nitrogen and oxygen atoms in total. The third-order valence-corrected chi connectivity index (χ3v) is 5.75. The zero-order chi connectivity index (χ0) is 22.6. The molecule has 0 saturated carbocycles. The third kappa shape index (κ3) is 6.65. The van der Waals surface area contributed by atoms with Crippen molar-refractivity contribution in [1.29, 1.82) is 5.26 Å². The Hall–Kier alpha value is -2.69. The second-order valence-corrected chi connectivity index (χ2v) is 9.83. The Balaban J connectivity index is 1.70. The summed E-state index contributed by atoms with van der Waals surface area (Å²) < 4.78 is 13.8. The maximum atomic E-state index is 12.3. The van der Waals surface area contributed by atoms with Gasteiger partial charge in [0.15, 0.2) is 0 Å². The average Bonchev–Trinajstić information content (AvgIpc) is 2.67. The Morgan fingerprint density at radius 3 is 2.26 bits per heavy atom. The molecule has 1 aliphatic rings. The number of nitrogens with zero attached hydrogens (tertiary/aromatic N) is 3. The van der Waals surface area contributed by atoms with E-state index in [0.29, 0.717) is 37.5 Å². The minimum atomic E-state index is -0.499. The van der Waals surface area contributed by atoms with Crippen LogP contribution in [-0.4, -0.2) is 47.1 Å². The second-order valence-electron chi connectivity index (χ2n) is 8.69. The fourth-order valence-electron chi connectivity index (χ4n) is 3.28. The molecule has 2 aromatic carbocycles. The molecule has 7 heteroatoms.